The standard InChI is InChI=1S/C8H14O4/c1-9-5-3-11-8-6(10-2)4-12-7(5)8/h5-8H,3-4H2,1-2H3/t5-,6-,7+,8+/m1/s1. The zero-order valence-electron chi connectivity index (χ0n) is 7.36. The highest BCUT2D eigenvalue weighted by atomic mass is 16.6. The molecular formula is C8H14O4. The Morgan fingerprint density at radius 1 is 0.917 bits per heavy atom. The Hall–Kier alpha value is -0.160. The smallest absolute Gasteiger partial charge is 0.115 e. The van der Waals surface area contributed by atoms with Gasteiger partial charge in [-0.3, -0.25) is 0 Å². The predicted molar refractivity (Wildman–Crippen MR) is 41.1 cm³/mol. The Morgan fingerprint density at radius 2 is 1.33 bits per heavy atom. The molecule has 4 heteroatoms. The van der Waals surface area contributed by atoms with Crippen LogP contribution >= 0.6 is 0 Å². The molecule has 4 atom stereocenters. The summed E-state index contributed by atoms with van der Waals surface area (Å²) in [5.74, 6) is 0. The van der Waals surface area contributed by atoms with E-state index in [-0.39, 0.29) is 24.4 Å². The molecule has 0 unspecified atom stereocenters. The van der Waals surface area contributed by atoms with E-state index in [4.69, 9.17) is 18.9 Å². The average molecular weight is 174 g/mol. The lowest BCUT2D eigenvalue weighted by Gasteiger charge is -2.14. The van der Waals surface area contributed by atoms with Crippen LogP contribution in [0.2, 0.25) is 0 Å². The molecule has 0 radical (unpaired) electrons. The van der Waals surface area contributed by atoms with E-state index in [0.29, 0.717) is 13.2 Å². The first-order chi connectivity index (χ1) is 5.86. The van der Waals surface area contributed by atoms with Crippen molar-refractivity contribution < 1.29 is 18.9 Å². The molecule has 0 saturated carbocycles. The minimum absolute atomic E-state index is 0.0694. The summed E-state index contributed by atoms with van der Waals surface area (Å²) in [7, 11) is 3.36. The molecule has 0 aromatic rings. The van der Waals surface area contributed by atoms with Crippen LogP contribution in [0.4, 0.5) is 0 Å². The van der Waals surface area contributed by atoms with Crippen LogP contribution in [-0.2, 0) is 18.9 Å². The molecule has 0 spiro atoms. The third-order valence-electron chi connectivity index (χ3n) is 2.57. The molecule has 0 aromatic carbocycles. The quantitative estimate of drug-likeness (QED) is 0.581. The summed E-state index contributed by atoms with van der Waals surface area (Å²) in [5, 5.41) is 0. The Morgan fingerprint density at radius 3 is 1.67 bits per heavy atom. The maximum absolute atomic E-state index is 5.51. The van der Waals surface area contributed by atoms with Gasteiger partial charge >= 0.3 is 0 Å². The van der Waals surface area contributed by atoms with Crippen LogP contribution in [0.5, 0.6) is 0 Å². The van der Waals surface area contributed by atoms with Crippen molar-refractivity contribution in [2.24, 2.45) is 0 Å². The first kappa shape index (κ1) is 8.44. The summed E-state index contributed by atoms with van der Waals surface area (Å²) in [6.45, 7) is 1.23. The topological polar surface area (TPSA) is 36.9 Å². The fourth-order valence-electron chi connectivity index (χ4n) is 1.83. The van der Waals surface area contributed by atoms with Gasteiger partial charge in [-0.2, -0.15) is 0 Å². The Labute approximate surface area is 71.7 Å². The minimum Gasteiger partial charge on any atom is -0.376 e. The maximum Gasteiger partial charge on any atom is 0.115 e. The lowest BCUT2D eigenvalue weighted by Crippen LogP contribution is -2.32. The monoisotopic (exact) mass is 174 g/mol. The van der Waals surface area contributed by atoms with Crippen molar-refractivity contribution in [3.63, 3.8) is 0 Å². The minimum atomic E-state index is 0.0694. The van der Waals surface area contributed by atoms with Crippen molar-refractivity contribution in [3.05, 3.63) is 0 Å². The molecule has 2 aliphatic rings. The highest BCUT2D eigenvalue weighted by Crippen LogP contribution is 2.29. The molecule has 2 aliphatic heterocycles. The van der Waals surface area contributed by atoms with E-state index in [2.05, 4.69) is 0 Å². The van der Waals surface area contributed by atoms with Crippen LogP contribution in [0, 0.1) is 0 Å². The summed E-state index contributed by atoms with van der Waals surface area (Å²) in [5.41, 5.74) is 0. The second-order valence-corrected chi connectivity index (χ2v) is 3.14. The maximum atomic E-state index is 5.51. The van der Waals surface area contributed by atoms with Crippen molar-refractivity contribution in [2.45, 2.75) is 24.4 Å². The van der Waals surface area contributed by atoms with E-state index in [0.717, 1.165) is 0 Å². The SMILES string of the molecule is CO[C@@H]1CO[C@@H]2[C@H]1OC[C@H]2OC. The van der Waals surface area contributed by atoms with Gasteiger partial charge in [-0.25, -0.2) is 0 Å². The molecule has 0 amide bonds. The van der Waals surface area contributed by atoms with Crippen LogP contribution in [-0.4, -0.2) is 51.8 Å². The molecule has 2 fully saturated rings. The van der Waals surface area contributed by atoms with Crippen molar-refractivity contribution in [2.75, 3.05) is 27.4 Å². The summed E-state index contributed by atoms with van der Waals surface area (Å²) in [6, 6.07) is 0. The fraction of sp³-hybridized carbons (Fsp3) is 1.00. The Kier molecular flexibility index (Phi) is 2.32. The van der Waals surface area contributed by atoms with Crippen molar-refractivity contribution in [1.29, 1.82) is 0 Å². The van der Waals surface area contributed by atoms with Crippen LogP contribution in [0.25, 0.3) is 0 Å². The van der Waals surface area contributed by atoms with Gasteiger partial charge in [0, 0.05) is 14.2 Å². The molecule has 2 saturated heterocycles. The number of hydrogen-bond acceptors (Lipinski definition) is 4. The zero-order valence-corrected chi connectivity index (χ0v) is 7.36. The van der Waals surface area contributed by atoms with Crippen molar-refractivity contribution >= 4 is 0 Å². The van der Waals surface area contributed by atoms with Crippen LogP contribution in [0.15, 0.2) is 0 Å². The molecule has 0 aromatic heterocycles. The summed E-state index contributed by atoms with van der Waals surface area (Å²) in [4.78, 5) is 0. The highest BCUT2D eigenvalue weighted by molar-refractivity contribution is 4.95. The fourth-order valence-corrected chi connectivity index (χ4v) is 1.83. The van der Waals surface area contributed by atoms with Crippen LogP contribution in [0.1, 0.15) is 0 Å². The highest BCUT2D eigenvalue weighted by Gasteiger charge is 2.48. The predicted octanol–water partition coefficient (Wildman–Crippen LogP) is -0.186. The van der Waals surface area contributed by atoms with E-state index in [1.165, 1.54) is 0 Å². The molecule has 4 nitrogen and oxygen atoms in total. The molecule has 2 rings (SSSR count). The molecule has 0 aliphatic carbocycles. The van der Waals surface area contributed by atoms with E-state index in [1.54, 1.807) is 14.2 Å². The van der Waals surface area contributed by atoms with Gasteiger partial charge < -0.3 is 18.9 Å². The normalized spacial score (nSPS) is 46.5. The van der Waals surface area contributed by atoms with Gasteiger partial charge in [-0.1, -0.05) is 0 Å². The van der Waals surface area contributed by atoms with Gasteiger partial charge in [-0.05, 0) is 0 Å². The third kappa shape index (κ3) is 1.15. The first-order valence-electron chi connectivity index (χ1n) is 4.15. The van der Waals surface area contributed by atoms with E-state index >= 15 is 0 Å². The van der Waals surface area contributed by atoms with Gasteiger partial charge in [0.1, 0.15) is 24.4 Å². The zero-order chi connectivity index (χ0) is 8.55. The molecule has 2 heterocycles. The number of ether oxygens (including phenoxy) is 4. The number of methoxy groups -OCH3 is 2. The van der Waals surface area contributed by atoms with E-state index in [9.17, 15) is 0 Å². The lowest BCUT2D eigenvalue weighted by molar-refractivity contribution is -0.0267. The first-order valence-corrected chi connectivity index (χ1v) is 4.15. The summed E-state index contributed by atoms with van der Waals surface area (Å²) < 4.78 is 21.4. The number of fused-ring (bicyclic) bond motifs is 1. The summed E-state index contributed by atoms with van der Waals surface area (Å²) >= 11 is 0. The van der Waals surface area contributed by atoms with Crippen LogP contribution < -0.4 is 0 Å². The number of rotatable bonds is 2. The molecule has 0 N–H and O–H groups in total. The lowest BCUT2D eigenvalue weighted by atomic mass is 10.1. The van der Waals surface area contributed by atoms with E-state index < -0.39 is 0 Å². The van der Waals surface area contributed by atoms with Crippen molar-refractivity contribution in [3.8, 4) is 0 Å². The molecular weight excluding hydrogens is 160 g/mol. The summed E-state index contributed by atoms with van der Waals surface area (Å²) in [6.07, 6.45) is 0.296. The third-order valence-corrected chi connectivity index (χ3v) is 2.57. The van der Waals surface area contributed by atoms with Gasteiger partial charge in [0.15, 0.2) is 0 Å². The molecule has 0 bridgehead atoms. The van der Waals surface area contributed by atoms with E-state index in [1.807, 2.05) is 0 Å². The van der Waals surface area contributed by atoms with Gasteiger partial charge in [0.05, 0.1) is 13.2 Å². The Balaban J connectivity index is 2.01. The van der Waals surface area contributed by atoms with Gasteiger partial charge in [0.2, 0.25) is 0 Å². The second-order valence-electron chi connectivity index (χ2n) is 3.14. The van der Waals surface area contributed by atoms with Crippen LogP contribution in [0.3, 0.4) is 0 Å². The van der Waals surface area contributed by atoms with Gasteiger partial charge in [-0.15, -0.1) is 0 Å². The largest absolute Gasteiger partial charge is 0.376 e. The second kappa shape index (κ2) is 3.30. The Bertz CT molecular complexity index is 143. The van der Waals surface area contributed by atoms with Gasteiger partial charge in [0.25, 0.3) is 0 Å². The molecule has 70 valence electrons. The average Bonchev–Trinajstić information content (AvgIpc) is 2.62. The molecule has 12 heavy (non-hydrogen) atoms. The number of hydrogen-bond donors (Lipinski definition) is 0. The van der Waals surface area contributed by atoms with Crippen molar-refractivity contribution in [1.82, 2.24) is 0 Å².